The largest absolute Gasteiger partial charge is 0.495 e. The van der Waals surface area contributed by atoms with Crippen molar-refractivity contribution in [2.75, 3.05) is 0 Å². The summed E-state index contributed by atoms with van der Waals surface area (Å²) in [5.74, 6) is 0. The fourth-order valence-electron chi connectivity index (χ4n) is 7.69. The van der Waals surface area contributed by atoms with Crippen LogP contribution in [0.5, 0.6) is 0 Å². The lowest BCUT2D eigenvalue weighted by Gasteiger charge is -2.32. The normalized spacial score (nSPS) is 16.2. The zero-order valence-electron chi connectivity index (χ0n) is 26.8. The molecular formula is C42H32BNO3. The first-order valence-electron chi connectivity index (χ1n) is 16.4. The molecule has 0 bridgehead atoms. The third-order valence-electron chi connectivity index (χ3n) is 10.8. The summed E-state index contributed by atoms with van der Waals surface area (Å²) in [6, 6.07) is 43.6. The van der Waals surface area contributed by atoms with Crippen LogP contribution in [0.2, 0.25) is 0 Å². The summed E-state index contributed by atoms with van der Waals surface area (Å²) >= 11 is 0. The molecule has 7 aromatic carbocycles. The van der Waals surface area contributed by atoms with Crippen LogP contribution in [0.4, 0.5) is 0 Å². The summed E-state index contributed by atoms with van der Waals surface area (Å²) in [6.07, 6.45) is 0. The van der Waals surface area contributed by atoms with E-state index < -0.39 is 18.3 Å². The van der Waals surface area contributed by atoms with Crippen molar-refractivity contribution in [2.24, 2.45) is 0 Å². The Balaban J connectivity index is 1.32. The van der Waals surface area contributed by atoms with Crippen LogP contribution in [0, 0.1) is 0 Å². The average Bonchev–Trinajstić information content (AvgIpc) is 3.69. The van der Waals surface area contributed by atoms with Gasteiger partial charge < -0.3 is 18.3 Å². The maximum atomic E-state index is 7.02. The molecule has 9 aromatic rings. The van der Waals surface area contributed by atoms with E-state index >= 15 is 0 Å². The highest BCUT2D eigenvalue weighted by Crippen LogP contribution is 2.43. The van der Waals surface area contributed by atoms with Gasteiger partial charge in [-0.25, -0.2) is 0 Å². The van der Waals surface area contributed by atoms with E-state index in [1.54, 1.807) is 0 Å². The van der Waals surface area contributed by atoms with Gasteiger partial charge in [0.25, 0.3) is 0 Å². The second-order valence-electron chi connectivity index (χ2n) is 14.0. The molecule has 226 valence electrons. The highest BCUT2D eigenvalue weighted by Gasteiger charge is 2.52. The van der Waals surface area contributed by atoms with Crippen LogP contribution in [0.1, 0.15) is 27.7 Å². The molecule has 1 aliphatic heterocycles. The lowest BCUT2D eigenvalue weighted by atomic mass is 9.75. The van der Waals surface area contributed by atoms with Crippen molar-refractivity contribution in [3.05, 3.63) is 121 Å². The Morgan fingerprint density at radius 1 is 0.489 bits per heavy atom. The van der Waals surface area contributed by atoms with Gasteiger partial charge in [0.2, 0.25) is 0 Å². The molecule has 10 rings (SSSR count). The van der Waals surface area contributed by atoms with Crippen LogP contribution in [0.15, 0.2) is 126 Å². The second kappa shape index (κ2) is 9.25. The molecule has 4 nitrogen and oxygen atoms in total. The number of hydrogen-bond donors (Lipinski definition) is 0. The monoisotopic (exact) mass is 609 g/mol. The number of nitrogens with zero attached hydrogens (tertiary/aromatic N) is 1. The quantitative estimate of drug-likeness (QED) is 0.183. The van der Waals surface area contributed by atoms with Gasteiger partial charge in [0.05, 0.1) is 27.9 Å². The van der Waals surface area contributed by atoms with Gasteiger partial charge in [0.15, 0.2) is 5.58 Å². The number of aromatic nitrogens is 1. The molecular weight excluding hydrogens is 577 g/mol. The van der Waals surface area contributed by atoms with Gasteiger partial charge in [0.1, 0.15) is 5.58 Å². The third-order valence-corrected chi connectivity index (χ3v) is 10.8. The molecule has 0 amide bonds. The van der Waals surface area contributed by atoms with E-state index in [0.717, 1.165) is 49.4 Å². The predicted molar refractivity (Wildman–Crippen MR) is 196 cm³/mol. The van der Waals surface area contributed by atoms with Crippen LogP contribution >= 0.6 is 0 Å². The summed E-state index contributed by atoms with van der Waals surface area (Å²) in [7, 11) is -0.487. The molecule has 5 heteroatoms. The van der Waals surface area contributed by atoms with E-state index in [2.05, 4.69) is 154 Å². The Morgan fingerprint density at radius 2 is 1.11 bits per heavy atom. The third kappa shape index (κ3) is 3.67. The lowest BCUT2D eigenvalue weighted by Crippen LogP contribution is -2.41. The fraction of sp³-hybridized carbons (Fsp3) is 0.143. The molecule has 1 fully saturated rings. The van der Waals surface area contributed by atoms with Gasteiger partial charge in [-0.1, -0.05) is 103 Å². The predicted octanol–water partition coefficient (Wildman–Crippen LogP) is 10.4. The van der Waals surface area contributed by atoms with Gasteiger partial charge in [-0.3, -0.25) is 0 Å². The Bertz CT molecular complexity index is 2750. The van der Waals surface area contributed by atoms with Crippen molar-refractivity contribution < 1.29 is 13.7 Å². The van der Waals surface area contributed by atoms with Crippen molar-refractivity contribution in [3.8, 4) is 5.69 Å². The standard InChI is InChI=1S/C42H32BNO3/c1-41(2)42(3,4)47-43(46-41)35-24-34-32-18-11-19-36(40(32)45-39(34)31-17-10-9-16-29(31)35)44-37-23-27-14-6-5-13-26(27)22-33(37)30-21-20-25-12-7-8-15-28(25)38(30)44/h5-24H,1-4H3. The number of benzene rings is 7. The van der Waals surface area contributed by atoms with Gasteiger partial charge >= 0.3 is 7.12 Å². The summed E-state index contributed by atoms with van der Waals surface area (Å²) in [4.78, 5) is 0. The highest BCUT2D eigenvalue weighted by atomic mass is 16.7. The van der Waals surface area contributed by atoms with Crippen molar-refractivity contribution in [2.45, 2.75) is 38.9 Å². The molecule has 1 aliphatic rings. The zero-order chi connectivity index (χ0) is 31.7. The van der Waals surface area contributed by atoms with Gasteiger partial charge in [-0.2, -0.15) is 0 Å². The lowest BCUT2D eigenvalue weighted by molar-refractivity contribution is 0.00578. The van der Waals surface area contributed by atoms with Gasteiger partial charge in [0, 0.05) is 32.3 Å². The van der Waals surface area contributed by atoms with E-state index in [1.165, 1.54) is 37.8 Å². The van der Waals surface area contributed by atoms with Crippen LogP contribution < -0.4 is 5.46 Å². The summed E-state index contributed by atoms with van der Waals surface area (Å²) in [6.45, 7) is 8.41. The SMILES string of the molecule is CC1(C)OB(c2cc3c4cccc(-n5c6cc7ccccc7cc6c6ccc7ccccc7c65)c4oc3c3ccccc23)OC1(C)C. The molecule has 0 radical (unpaired) electrons. The first-order valence-corrected chi connectivity index (χ1v) is 16.4. The molecule has 0 N–H and O–H groups in total. The first kappa shape index (κ1) is 27.1. The molecule has 3 heterocycles. The maximum Gasteiger partial charge on any atom is 0.495 e. The molecule has 2 aromatic heterocycles. The van der Waals surface area contributed by atoms with Gasteiger partial charge in [-0.15, -0.1) is 0 Å². The number of rotatable bonds is 2. The smallest absolute Gasteiger partial charge is 0.453 e. The molecule has 0 aliphatic carbocycles. The Hall–Kier alpha value is -5.10. The van der Waals surface area contributed by atoms with E-state index in [4.69, 9.17) is 13.7 Å². The Kier molecular flexibility index (Phi) is 5.33. The minimum Gasteiger partial charge on any atom is -0.453 e. The fourth-order valence-corrected chi connectivity index (χ4v) is 7.69. The summed E-state index contributed by atoms with van der Waals surface area (Å²) in [5.41, 5.74) is 5.24. The topological polar surface area (TPSA) is 36.5 Å². The molecule has 0 saturated carbocycles. The second-order valence-corrected chi connectivity index (χ2v) is 14.0. The number of hydrogen-bond acceptors (Lipinski definition) is 3. The van der Waals surface area contributed by atoms with E-state index in [0.29, 0.717) is 0 Å². The number of para-hydroxylation sites is 1. The number of furan rings is 1. The van der Waals surface area contributed by atoms with Crippen LogP contribution in [0.25, 0.3) is 81.7 Å². The molecule has 1 saturated heterocycles. The van der Waals surface area contributed by atoms with E-state index in [-0.39, 0.29) is 0 Å². The summed E-state index contributed by atoms with van der Waals surface area (Å²) < 4.78 is 22.6. The Morgan fingerprint density at radius 3 is 1.87 bits per heavy atom. The molecule has 0 unspecified atom stereocenters. The summed E-state index contributed by atoms with van der Waals surface area (Å²) in [5, 5.41) is 11.6. The maximum absolute atomic E-state index is 7.02. The van der Waals surface area contributed by atoms with Gasteiger partial charge in [-0.05, 0) is 72.9 Å². The number of fused-ring (bicyclic) bond motifs is 11. The van der Waals surface area contributed by atoms with Crippen LogP contribution in [-0.2, 0) is 9.31 Å². The van der Waals surface area contributed by atoms with Crippen molar-refractivity contribution in [1.29, 1.82) is 0 Å². The Labute approximate surface area is 272 Å². The van der Waals surface area contributed by atoms with Crippen LogP contribution in [0.3, 0.4) is 0 Å². The van der Waals surface area contributed by atoms with Crippen LogP contribution in [-0.4, -0.2) is 22.9 Å². The average molecular weight is 610 g/mol. The van der Waals surface area contributed by atoms with Crippen molar-refractivity contribution >= 4 is 88.6 Å². The highest BCUT2D eigenvalue weighted by molar-refractivity contribution is 6.66. The first-order chi connectivity index (χ1) is 22.8. The van der Waals surface area contributed by atoms with Crippen molar-refractivity contribution in [1.82, 2.24) is 4.57 Å². The minimum atomic E-state index is -0.487. The van der Waals surface area contributed by atoms with Crippen molar-refractivity contribution in [3.63, 3.8) is 0 Å². The molecule has 0 spiro atoms. The zero-order valence-corrected chi connectivity index (χ0v) is 26.8. The van der Waals surface area contributed by atoms with E-state index in [1.807, 2.05) is 0 Å². The molecule has 47 heavy (non-hydrogen) atoms. The molecule has 0 atom stereocenters. The minimum absolute atomic E-state index is 0.442. The van der Waals surface area contributed by atoms with E-state index in [9.17, 15) is 0 Å².